The van der Waals surface area contributed by atoms with Crippen LogP contribution in [-0.2, 0) is 6.54 Å². The lowest BCUT2D eigenvalue weighted by Gasteiger charge is -2.53. The second-order valence-corrected chi connectivity index (χ2v) is 10.8. The number of nitrogens with zero attached hydrogens (tertiary/aromatic N) is 3. The molecule has 1 saturated carbocycles. The average Bonchev–Trinajstić information content (AvgIpc) is 2.75. The van der Waals surface area contributed by atoms with E-state index in [-0.39, 0.29) is 0 Å². The van der Waals surface area contributed by atoms with Gasteiger partial charge < -0.3 is 5.32 Å². The Morgan fingerprint density at radius 3 is 2.63 bits per heavy atom. The third kappa shape index (κ3) is 3.87. The van der Waals surface area contributed by atoms with E-state index < -0.39 is 0 Å². The van der Waals surface area contributed by atoms with Gasteiger partial charge in [-0.15, -0.1) is 0 Å². The van der Waals surface area contributed by atoms with Crippen LogP contribution in [0.5, 0.6) is 0 Å². The lowest BCUT2D eigenvalue weighted by atomic mass is 9.59. The number of likely N-dealkylation sites (tertiary alicyclic amines) is 1. The van der Waals surface area contributed by atoms with Crippen molar-refractivity contribution < 1.29 is 0 Å². The van der Waals surface area contributed by atoms with Gasteiger partial charge in [0.15, 0.2) is 5.82 Å². The highest BCUT2D eigenvalue weighted by Gasteiger charge is 2.45. The molecule has 2 aliphatic heterocycles. The molecule has 1 aliphatic carbocycles. The van der Waals surface area contributed by atoms with Gasteiger partial charge in [-0.1, -0.05) is 51.4 Å². The number of piperidine rings is 1. The molecule has 1 saturated heterocycles. The van der Waals surface area contributed by atoms with Gasteiger partial charge >= 0.3 is 0 Å². The Hall–Kier alpha value is -1.59. The molecule has 4 nitrogen and oxygen atoms in total. The van der Waals surface area contributed by atoms with Crippen molar-refractivity contribution in [1.82, 2.24) is 14.9 Å². The first kappa shape index (κ1) is 20.3. The minimum absolute atomic E-state index is 0.859. The van der Waals surface area contributed by atoms with Crippen molar-refractivity contribution >= 4 is 23.3 Å². The fourth-order valence-electron chi connectivity index (χ4n) is 6.23. The highest BCUT2D eigenvalue weighted by Crippen LogP contribution is 2.48. The van der Waals surface area contributed by atoms with Crippen LogP contribution in [0.15, 0.2) is 40.5 Å². The molecule has 4 unspecified atom stereocenters. The number of unbranched alkanes of at least 4 members (excludes halogenated alkanes) is 1. The number of fused-ring (bicyclic) bond motifs is 4. The number of nitrogens with one attached hydrogen (secondary N) is 1. The van der Waals surface area contributed by atoms with Crippen molar-refractivity contribution in [3.05, 3.63) is 36.2 Å². The smallest absolute Gasteiger partial charge is 0.163 e. The van der Waals surface area contributed by atoms with E-state index in [0.717, 1.165) is 47.0 Å². The van der Waals surface area contributed by atoms with Crippen LogP contribution in [-0.4, -0.2) is 28.0 Å². The van der Waals surface area contributed by atoms with Crippen molar-refractivity contribution in [2.24, 2.45) is 29.6 Å². The zero-order valence-corrected chi connectivity index (χ0v) is 19.3. The molecule has 3 aliphatic rings. The van der Waals surface area contributed by atoms with Gasteiger partial charge in [0.05, 0.1) is 5.69 Å². The second-order valence-electron chi connectivity index (χ2n) is 9.79. The van der Waals surface area contributed by atoms with Crippen LogP contribution < -0.4 is 5.32 Å². The van der Waals surface area contributed by atoms with Crippen LogP contribution in [0.3, 0.4) is 0 Å². The molecule has 0 amide bonds. The second kappa shape index (κ2) is 8.51. The van der Waals surface area contributed by atoms with Crippen molar-refractivity contribution in [3.63, 3.8) is 0 Å². The van der Waals surface area contributed by atoms with Crippen molar-refractivity contribution in [1.29, 1.82) is 0 Å². The third-order valence-corrected chi connectivity index (χ3v) is 8.78. The predicted molar refractivity (Wildman–Crippen MR) is 124 cm³/mol. The number of hydrogen-bond acceptors (Lipinski definition) is 5. The van der Waals surface area contributed by atoms with Gasteiger partial charge in [-0.2, -0.15) is 0 Å². The summed E-state index contributed by atoms with van der Waals surface area (Å²) in [5, 5.41) is 4.45. The molecular weight excluding hydrogens is 388 g/mol. The summed E-state index contributed by atoms with van der Waals surface area (Å²) in [6.45, 7) is 11.0. The van der Waals surface area contributed by atoms with E-state index in [1.165, 1.54) is 54.9 Å². The summed E-state index contributed by atoms with van der Waals surface area (Å²) >= 11 is 1.71. The van der Waals surface area contributed by atoms with Crippen molar-refractivity contribution in [2.75, 3.05) is 18.4 Å². The predicted octanol–water partition coefficient (Wildman–Crippen LogP) is 6.22. The molecule has 30 heavy (non-hydrogen) atoms. The molecule has 4 atom stereocenters. The molecule has 2 bridgehead atoms. The van der Waals surface area contributed by atoms with Gasteiger partial charge in [-0.25, -0.2) is 9.97 Å². The van der Waals surface area contributed by atoms with E-state index in [1.54, 1.807) is 24.2 Å². The first-order chi connectivity index (χ1) is 14.6. The Morgan fingerprint density at radius 1 is 1.10 bits per heavy atom. The van der Waals surface area contributed by atoms with Gasteiger partial charge in [0.2, 0.25) is 0 Å². The molecule has 160 valence electrons. The van der Waals surface area contributed by atoms with Crippen LogP contribution in [0.1, 0.15) is 52.0 Å². The van der Waals surface area contributed by atoms with Crippen LogP contribution in [0.4, 0.5) is 11.5 Å². The number of hydrogen-bond donors (Lipinski definition) is 1. The van der Waals surface area contributed by atoms with Gasteiger partial charge in [0.1, 0.15) is 5.03 Å². The fraction of sp³-hybridized carbons (Fsp3) is 0.600. The first-order valence-electron chi connectivity index (χ1n) is 11.7. The van der Waals surface area contributed by atoms with E-state index in [4.69, 9.17) is 0 Å². The largest absolute Gasteiger partial charge is 0.337 e. The molecule has 2 aromatic rings. The Bertz CT molecular complexity index is 882. The van der Waals surface area contributed by atoms with Crippen LogP contribution in [0, 0.1) is 29.6 Å². The van der Waals surface area contributed by atoms with Crippen LogP contribution in [0.25, 0.3) is 0 Å². The topological polar surface area (TPSA) is 41.0 Å². The minimum atomic E-state index is 0.859. The zero-order valence-electron chi connectivity index (χ0n) is 18.5. The molecule has 1 aromatic carbocycles. The highest BCUT2D eigenvalue weighted by atomic mass is 32.2. The Kier molecular flexibility index (Phi) is 5.76. The molecule has 2 fully saturated rings. The Morgan fingerprint density at radius 2 is 1.87 bits per heavy atom. The van der Waals surface area contributed by atoms with E-state index in [1.807, 2.05) is 0 Å². The molecule has 5 heteroatoms. The quantitative estimate of drug-likeness (QED) is 0.529. The zero-order chi connectivity index (χ0) is 20.7. The molecule has 5 rings (SSSR count). The van der Waals surface area contributed by atoms with Gasteiger partial charge in [-0.05, 0) is 60.1 Å². The van der Waals surface area contributed by atoms with Crippen LogP contribution >= 0.6 is 11.8 Å². The van der Waals surface area contributed by atoms with Gasteiger partial charge in [0, 0.05) is 36.9 Å². The standard InChI is InChI=1S/C25H34N4S/c1-4-5-6-19-20-14-29(15-21(19)17(3)11-16(20)2)13-18-7-8-23-22(12-18)28-24-25(30-23)27-10-9-26-24/h7-10,12,16-17,19-21H,4-6,11,13-15H2,1-3H3,(H,26,28). The van der Waals surface area contributed by atoms with Crippen LogP contribution in [0.2, 0.25) is 0 Å². The maximum absolute atomic E-state index is 4.45. The van der Waals surface area contributed by atoms with E-state index in [0.29, 0.717) is 0 Å². The normalized spacial score (nSPS) is 30.3. The molecule has 1 N–H and O–H groups in total. The van der Waals surface area contributed by atoms with Gasteiger partial charge in [0.25, 0.3) is 0 Å². The number of benzene rings is 1. The first-order valence-corrected chi connectivity index (χ1v) is 12.5. The Balaban J connectivity index is 1.31. The average molecular weight is 423 g/mol. The summed E-state index contributed by atoms with van der Waals surface area (Å²) in [5.74, 6) is 5.28. The molecule has 0 spiro atoms. The summed E-state index contributed by atoms with van der Waals surface area (Å²) in [4.78, 5) is 12.9. The lowest BCUT2D eigenvalue weighted by molar-refractivity contribution is -0.0455. The third-order valence-electron chi connectivity index (χ3n) is 7.71. The SMILES string of the molecule is CCCCC1C2CN(Cc3ccc4c(c3)Nc3nccnc3S4)CC1C(C)CC2C. The molecule has 3 heterocycles. The summed E-state index contributed by atoms with van der Waals surface area (Å²) in [6, 6.07) is 6.88. The Labute approximate surface area is 185 Å². The fourth-order valence-corrected chi connectivity index (χ4v) is 7.11. The van der Waals surface area contributed by atoms with E-state index in [2.05, 4.69) is 59.2 Å². The maximum Gasteiger partial charge on any atom is 0.163 e. The highest BCUT2D eigenvalue weighted by molar-refractivity contribution is 7.99. The maximum atomic E-state index is 4.45. The van der Waals surface area contributed by atoms with Crippen molar-refractivity contribution in [3.8, 4) is 0 Å². The van der Waals surface area contributed by atoms with E-state index >= 15 is 0 Å². The number of rotatable bonds is 5. The summed E-state index contributed by atoms with van der Waals surface area (Å²) in [7, 11) is 0. The van der Waals surface area contributed by atoms with Crippen molar-refractivity contribution in [2.45, 2.75) is 62.9 Å². The lowest BCUT2D eigenvalue weighted by Crippen LogP contribution is -2.53. The minimum Gasteiger partial charge on any atom is -0.337 e. The molecular formula is C25H34N4S. The number of anilines is 2. The molecule has 1 aromatic heterocycles. The summed E-state index contributed by atoms with van der Waals surface area (Å²) < 4.78 is 0. The monoisotopic (exact) mass is 422 g/mol. The van der Waals surface area contributed by atoms with E-state index in [9.17, 15) is 0 Å². The number of aromatic nitrogens is 2. The summed E-state index contributed by atoms with van der Waals surface area (Å²) in [6.07, 6.45) is 9.10. The molecule has 0 radical (unpaired) electrons. The summed E-state index contributed by atoms with van der Waals surface area (Å²) in [5.41, 5.74) is 2.57. The van der Waals surface area contributed by atoms with Gasteiger partial charge in [-0.3, -0.25) is 4.90 Å².